The number of nitrogens with zero attached hydrogens (tertiary/aromatic N) is 1. The van der Waals surface area contributed by atoms with Gasteiger partial charge in [0.05, 0.1) is 5.02 Å². The van der Waals surface area contributed by atoms with Gasteiger partial charge in [0.25, 0.3) is 0 Å². The number of aromatic nitrogens is 1. The summed E-state index contributed by atoms with van der Waals surface area (Å²) in [5.41, 5.74) is -0.213. The number of rotatable bonds is 4. The Morgan fingerprint density at radius 1 is 1.65 bits per heavy atom. The largest absolute Gasteiger partial charge is 0.388 e. The van der Waals surface area contributed by atoms with E-state index in [0.29, 0.717) is 0 Å². The molecule has 0 aliphatic rings. The van der Waals surface area contributed by atoms with Gasteiger partial charge >= 0.3 is 0 Å². The summed E-state index contributed by atoms with van der Waals surface area (Å²) >= 11 is 5.60. The third kappa shape index (κ3) is 3.92. The van der Waals surface area contributed by atoms with E-state index in [2.05, 4.69) is 10.3 Å². The van der Waals surface area contributed by atoms with Crippen LogP contribution in [0.25, 0.3) is 0 Å². The van der Waals surface area contributed by atoms with Gasteiger partial charge in [0.15, 0.2) is 0 Å². The van der Waals surface area contributed by atoms with Gasteiger partial charge in [0.2, 0.25) is 11.9 Å². The van der Waals surface area contributed by atoms with Crippen molar-refractivity contribution in [2.75, 3.05) is 6.54 Å². The number of pyridine rings is 1. The number of nitrogens with one attached hydrogen (secondary N) is 1. The molecule has 2 atom stereocenters. The highest BCUT2D eigenvalue weighted by molar-refractivity contribution is 6.30. The number of amides is 1. The standard InChI is InChI=1S/C10H12ClFN2O3/c1-5(15)13-4-8(16)9(17)7-2-6(11)3-14-10(7)12/h2-3,8-9,16-17H,4H2,1H3,(H,13,15). The molecule has 0 radical (unpaired) electrons. The first kappa shape index (κ1) is 13.8. The molecule has 1 rings (SSSR count). The topological polar surface area (TPSA) is 82.5 Å². The van der Waals surface area contributed by atoms with Crippen molar-refractivity contribution in [2.45, 2.75) is 19.1 Å². The van der Waals surface area contributed by atoms with Crippen LogP contribution >= 0.6 is 11.6 Å². The fourth-order valence-corrected chi connectivity index (χ4v) is 1.38. The molecule has 1 aromatic heterocycles. The molecule has 0 aliphatic heterocycles. The van der Waals surface area contributed by atoms with Crippen LogP contribution in [0.5, 0.6) is 0 Å². The Bertz CT molecular complexity index is 417. The molecule has 0 spiro atoms. The second-order valence-electron chi connectivity index (χ2n) is 3.48. The molecule has 3 N–H and O–H groups in total. The Morgan fingerprint density at radius 3 is 2.88 bits per heavy atom. The van der Waals surface area contributed by atoms with Crippen molar-refractivity contribution < 1.29 is 19.4 Å². The van der Waals surface area contributed by atoms with E-state index in [4.69, 9.17) is 11.6 Å². The summed E-state index contributed by atoms with van der Waals surface area (Å²) in [7, 11) is 0. The van der Waals surface area contributed by atoms with Crippen molar-refractivity contribution in [3.63, 3.8) is 0 Å². The highest BCUT2D eigenvalue weighted by atomic mass is 35.5. The number of halogens is 2. The minimum absolute atomic E-state index is 0.146. The first-order valence-corrected chi connectivity index (χ1v) is 5.21. The van der Waals surface area contributed by atoms with Crippen LogP contribution in [0.1, 0.15) is 18.6 Å². The van der Waals surface area contributed by atoms with Gasteiger partial charge in [-0.3, -0.25) is 4.79 Å². The lowest BCUT2D eigenvalue weighted by molar-refractivity contribution is -0.119. The number of hydrogen-bond acceptors (Lipinski definition) is 4. The van der Waals surface area contributed by atoms with Crippen molar-refractivity contribution in [1.29, 1.82) is 0 Å². The molecule has 1 aromatic rings. The smallest absolute Gasteiger partial charge is 0.218 e. The second-order valence-corrected chi connectivity index (χ2v) is 3.92. The van der Waals surface area contributed by atoms with Crippen LogP contribution in [-0.4, -0.2) is 33.8 Å². The van der Waals surface area contributed by atoms with E-state index < -0.39 is 18.2 Å². The number of aliphatic hydroxyl groups is 2. The van der Waals surface area contributed by atoms with Gasteiger partial charge in [-0.15, -0.1) is 0 Å². The van der Waals surface area contributed by atoms with Gasteiger partial charge in [0.1, 0.15) is 12.2 Å². The molecule has 17 heavy (non-hydrogen) atoms. The number of hydrogen-bond donors (Lipinski definition) is 3. The molecule has 1 amide bonds. The molecule has 0 saturated carbocycles. The molecule has 0 bridgehead atoms. The SMILES string of the molecule is CC(=O)NCC(O)C(O)c1cc(Cl)cnc1F. The summed E-state index contributed by atoms with van der Waals surface area (Å²) in [5, 5.41) is 21.7. The van der Waals surface area contributed by atoms with E-state index in [9.17, 15) is 19.4 Å². The highest BCUT2D eigenvalue weighted by Crippen LogP contribution is 2.21. The van der Waals surface area contributed by atoms with Gasteiger partial charge in [-0.1, -0.05) is 11.6 Å². The molecular formula is C10H12ClFN2O3. The molecule has 0 fully saturated rings. The molecule has 5 nitrogen and oxygen atoms in total. The summed E-state index contributed by atoms with van der Waals surface area (Å²) in [6.07, 6.45) is -1.76. The van der Waals surface area contributed by atoms with Crippen LogP contribution in [0.2, 0.25) is 5.02 Å². The van der Waals surface area contributed by atoms with Crippen molar-refractivity contribution in [3.05, 3.63) is 28.8 Å². The van der Waals surface area contributed by atoms with E-state index >= 15 is 0 Å². The fraction of sp³-hybridized carbons (Fsp3) is 0.400. The molecule has 7 heteroatoms. The Balaban J connectivity index is 2.77. The van der Waals surface area contributed by atoms with E-state index in [1.54, 1.807) is 0 Å². The van der Waals surface area contributed by atoms with E-state index in [1.807, 2.05) is 0 Å². The minimum Gasteiger partial charge on any atom is -0.388 e. The van der Waals surface area contributed by atoms with Gasteiger partial charge in [-0.25, -0.2) is 4.98 Å². The van der Waals surface area contributed by atoms with Crippen molar-refractivity contribution >= 4 is 17.5 Å². The normalized spacial score (nSPS) is 14.2. The number of carbonyl (C=O) groups is 1. The van der Waals surface area contributed by atoms with Gasteiger partial charge in [-0.05, 0) is 6.07 Å². The number of carbonyl (C=O) groups excluding carboxylic acids is 1. The first-order valence-electron chi connectivity index (χ1n) is 4.83. The lowest BCUT2D eigenvalue weighted by atomic mass is 10.1. The van der Waals surface area contributed by atoms with E-state index in [-0.39, 0.29) is 23.0 Å². The van der Waals surface area contributed by atoms with Crippen LogP contribution in [0, 0.1) is 5.95 Å². The third-order valence-electron chi connectivity index (χ3n) is 2.08. The van der Waals surface area contributed by atoms with Gasteiger partial charge in [-0.2, -0.15) is 4.39 Å². The van der Waals surface area contributed by atoms with E-state index in [0.717, 1.165) is 6.20 Å². The highest BCUT2D eigenvalue weighted by Gasteiger charge is 2.22. The zero-order chi connectivity index (χ0) is 13.0. The molecule has 2 unspecified atom stereocenters. The van der Waals surface area contributed by atoms with Crippen molar-refractivity contribution in [1.82, 2.24) is 10.3 Å². The third-order valence-corrected chi connectivity index (χ3v) is 2.28. The summed E-state index contributed by atoms with van der Waals surface area (Å²) in [4.78, 5) is 13.9. The maximum Gasteiger partial charge on any atom is 0.218 e. The summed E-state index contributed by atoms with van der Waals surface area (Å²) in [6.45, 7) is 1.07. The zero-order valence-electron chi connectivity index (χ0n) is 9.02. The molecule has 0 saturated heterocycles. The minimum atomic E-state index is -1.51. The van der Waals surface area contributed by atoms with Crippen LogP contribution < -0.4 is 5.32 Å². The molecule has 0 aromatic carbocycles. The summed E-state index contributed by atoms with van der Waals surface area (Å²) in [5.74, 6) is -1.27. The Labute approximate surface area is 102 Å². The van der Waals surface area contributed by atoms with Crippen LogP contribution in [0.4, 0.5) is 4.39 Å². The maximum absolute atomic E-state index is 13.3. The molecular weight excluding hydrogens is 251 g/mol. The van der Waals surface area contributed by atoms with Gasteiger partial charge < -0.3 is 15.5 Å². The van der Waals surface area contributed by atoms with E-state index in [1.165, 1.54) is 13.0 Å². The number of aliphatic hydroxyl groups excluding tert-OH is 2. The zero-order valence-corrected chi connectivity index (χ0v) is 9.78. The fourth-order valence-electron chi connectivity index (χ4n) is 1.21. The van der Waals surface area contributed by atoms with Crippen molar-refractivity contribution in [2.24, 2.45) is 0 Å². The van der Waals surface area contributed by atoms with Crippen LogP contribution in [0.3, 0.4) is 0 Å². The Morgan fingerprint density at radius 2 is 2.29 bits per heavy atom. The van der Waals surface area contributed by atoms with Gasteiger partial charge in [0, 0.05) is 25.2 Å². The Kier molecular flexibility index (Phi) is 4.80. The molecule has 0 aliphatic carbocycles. The monoisotopic (exact) mass is 262 g/mol. The summed E-state index contributed by atoms with van der Waals surface area (Å²) < 4.78 is 13.3. The van der Waals surface area contributed by atoms with Crippen molar-refractivity contribution in [3.8, 4) is 0 Å². The second kappa shape index (κ2) is 5.90. The predicted octanol–water partition coefficient (Wildman–Crippen LogP) is 0.404. The quantitative estimate of drug-likeness (QED) is 0.686. The summed E-state index contributed by atoms with van der Waals surface area (Å²) in [6, 6.07) is 1.17. The maximum atomic E-state index is 13.3. The lowest BCUT2D eigenvalue weighted by Crippen LogP contribution is -2.34. The molecule has 1 heterocycles. The average Bonchev–Trinajstić information content (AvgIpc) is 2.28. The lowest BCUT2D eigenvalue weighted by Gasteiger charge is -2.18. The van der Waals surface area contributed by atoms with Crippen LogP contribution in [0.15, 0.2) is 12.3 Å². The molecule has 94 valence electrons. The average molecular weight is 263 g/mol. The van der Waals surface area contributed by atoms with Crippen LogP contribution in [-0.2, 0) is 4.79 Å². The first-order chi connectivity index (χ1) is 7.91. The Hall–Kier alpha value is -1.24. The predicted molar refractivity (Wildman–Crippen MR) is 58.9 cm³/mol.